The van der Waals surface area contributed by atoms with Crippen molar-refractivity contribution >= 4 is 25.3 Å². The lowest BCUT2D eigenvalue weighted by molar-refractivity contribution is 0.00578. The van der Waals surface area contributed by atoms with Crippen molar-refractivity contribution in [3.63, 3.8) is 0 Å². The Morgan fingerprint density at radius 2 is 1.19 bits per heavy atom. The highest BCUT2D eigenvalue weighted by molar-refractivity contribution is 6.65. The minimum Gasteiger partial charge on any atom is -0.399 e. The first-order valence-corrected chi connectivity index (χ1v) is 8.91. The predicted molar refractivity (Wildman–Crippen MR) is 100 cm³/mol. The first-order valence-electron chi connectivity index (χ1n) is 8.91. The van der Waals surface area contributed by atoms with Crippen LogP contribution in [0.3, 0.4) is 0 Å². The maximum atomic E-state index is 9.41. The van der Waals surface area contributed by atoms with Crippen molar-refractivity contribution in [1.82, 2.24) is 4.98 Å². The van der Waals surface area contributed by atoms with E-state index in [1.807, 2.05) is 61.5 Å². The molecule has 1 aromatic rings. The Kier molecular flexibility index (Phi) is 4.32. The van der Waals surface area contributed by atoms with Gasteiger partial charge in [0.2, 0.25) is 0 Å². The second-order valence-electron chi connectivity index (χ2n) is 9.00. The number of hydrogen-bond donors (Lipinski definition) is 0. The van der Waals surface area contributed by atoms with E-state index >= 15 is 0 Å². The van der Waals surface area contributed by atoms with E-state index in [0.717, 1.165) is 5.46 Å². The fourth-order valence-electron chi connectivity index (χ4n) is 2.83. The molecular formula is C18H26B2N2O4. The van der Waals surface area contributed by atoms with Crippen LogP contribution in [0.15, 0.2) is 12.1 Å². The number of hydrogen-bond acceptors (Lipinski definition) is 6. The third-order valence-corrected chi connectivity index (χ3v) is 6.00. The molecule has 0 bridgehead atoms. The van der Waals surface area contributed by atoms with Crippen molar-refractivity contribution in [1.29, 1.82) is 5.26 Å². The van der Waals surface area contributed by atoms with Crippen molar-refractivity contribution in [2.24, 2.45) is 0 Å². The summed E-state index contributed by atoms with van der Waals surface area (Å²) in [6.07, 6.45) is 0. The molecule has 0 aliphatic carbocycles. The lowest BCUT2D eigenvalue weighted by Crippen LogP contribution is -2.43. The first-order chi connectivity index (χ1) is 11.8. The molecule has 2 saturated heterocycles. The Bertz CT molecular complexity index is 685. The smallest absolute Gasteiger partial charge is 0.399 e. The molecule has 2 aliphatic heterocycles. The highest BCUT2D eigenvalue weighted by Crippen LogP contribution is 2.37. The van der Waals surface area contributed by atoms with Crippen molar-refractivity contribution in [2.75, 3.05) is 0 Å². The van der Waals surface area contributed by atoms with Crippen molar-refractivity contribution in [3.05, 3.63) is 17.8 Å². The van der Waals surface area contributed by atoms with E-state index in [4.69, 9.17) is 18.6 Å². The molecule has 0 N–H and O–H groups in total. The minimum atomic E-state index is -0.644. The Balaban J connectivity index is 1.96. The van der Waals surface area contributed by atoms with E-state index < -0.39 is 36.6 Å². The lowest BCUT2D eigenvalue weighted by Gasteiger charge is -2.32. The zero-order chi connectivity index (χ0) is 19.5. The Morgan fingerprint density at radius 1 is 0.769 bits per heavy atom. The highest BCUT2D eigenvalue weighted by atomic mass is 16.7. The average Bonchev–Trinajstić information content (AvgIpc) is 2.86. The van der Waals surface area contributed by atoms with Crippen LogP contribution < -0.4 is 11.1 Å². The summed E-state index contributed by atoms with van der Waals surface area (Å²) >= 11 is 0. The highest BCUT2D eigenvalue weighted by Gasteiger charge is 2.54. The van der Waals surface area contributed by atoms with E-state index in [-0.39, 0.29) is 5.69 Å². The number of nitrogens with zero attached hydrogens (tertiary/aromatic N) is 2. The summed E-state index contributed by atoms with van der Waals surface area (Å²) in [6.45, 7) is 15.9. The molecule has 26 heavy (non-hydrogen) atoms. The molecule has 3 rings (SSSR count). The third kappa shape index (κ3) is 3.07. The van der Waals surface area contributed by atoms with Crippen LogP contribution in [0, 0.1) is 11.3 Å². The van der Waals surface area contributed by atoms with Gasteiger partial charge in [0.05, 0.1) is 28.0 Å². The van der Waals surface area contributed by atoms with Crippen molar-refractivity contribution < 1.29 is 18.6 Å². The molecule has 0 amide bonds. The number of rotatable bonds is 2. The van der Waals surface area contributed by atoms with Gasteiger partial charge >= 0.3 is 14.2 Å². The molecule has 2 aliphatic rings. The van der Waals surface area contributed by atoms with Gasteiger partial charge in [0.1, 0.15) is 11.8 Å². The van der Waals surface area contributed by atoms with Gasteiger partial charge in [-0.3, -0.25) is 0 Å². The minimum absolute atomic E-state index is 0.280. The number of pyridine rings is 1. The molecule has 138 valence electrons. The predicted octanol–water partition coefficient (Wildman–Crippen LogP) is 1.55. The Morgan fingerprint density at radius 3 is 1.62 bits per heavy atom. The fraction of sp³-hybridized carbons (Fsp3) is 0.667. The molecule has 6 nitrogen and oxygen atoms in total. The van der Waals surface area contributed by atoms with Gasteiger partial charge in [-0.25, -0.2) is 4.98 Å². The van der Waals surface area contributed by atoms with Crippen molar-refractivity contribution in [3.8, 4) is 6.07 Å². The molecule has 0 unspecified atom stereocenters. The molecular weight excluding hydrogens is 330 g/mol. The van der Waals surface area contributed by atoms with Crippen LogP contribution in [0.25, 0.3) is 0 Å². The third-order valence-electron chi connectivity index (χ3n) is 6.00. The molecule has 3 heterocycles. The van der Waals surface area contributed by atoms with Crippen LogP contribution in [0.1, 0.15) is 61.1 Å². The van der Waals surface area contributed by atoms with E-state index in [1.165, 1.54) is 0 Å². The summed E-state index contributed by atoms with van der Waals surface area (Å²) < 4.78 is 24.4. The molecule has 0 aromatic carbocycles. The summed E-state index contributed by atoms with van der Waals surface area (Å²) in [7, 11) is -1.22. The van der Waals surface area contributed by atoms with Crippen LogP contribution in [0.4, 0.5) is 0 Å². The molecule has 0 radical (unpaired) electrons. The summed E-state index contributed by atoms with van der Waals surface area (Å²) in [5, 5.41) is 9.41. The molecule has 8 heteroatoms. The molecule has 0 spiro atoms. The van der Waals surface area contributed by atoms with E-state index in [1.54, 1.807) is 6.07 Å². The van der Waals surface area contributed by atoms with Crippen LogP contribution >= 0.6 is 0 Å². The van der Waals surface area contributed by atoms with Gasteiger partial charge in [-0.05, 0) is 73.0 Å². The normalized spacial score (nSPS) is 25.3. The maximum Gasteiger partial charge on any atom is 0.514 e. The largest absolute Gasteiger partial charge is 0.514 e. The zero-order valence-electron chi connectivity index (χ0n) is 16.8. The van der Waals surface area contributed by atoms with Crippen LogP contribution in [0.2, 0.25) is 0 Å². The monoisotopic (exact) mass is 356 g/mol. The fourth-order valence-corrected chi connectivity index (χ4v) is 2.83. The standard InChI is InChI=1S/C18H26B2N2O4/c1-15(2)16(3,4)24-19(23-15)12-9-13(11-21)22-14(10-12)20-25-17(5,6)18(7,8)26-20/h9-10H,1-8H3. The number of nitriles is 1. The van der Waals surface area contributed by atoms with Gasteiger partial charge in [-0.2, -0.15) is 5.26 Å². The Labute approximate surface area is 156 Å². The average molecular weight is 356 g/mol. The van der Waals surface area contributed by atoms with Gasteiger partial charge in [0, 0.05) is 0 Å². The van der Waals surface area contributed by atoms with E-state index in [9.17, 15) is 5.26 Å². The molecule has 0 saturated carbocycles. The maximum absolute atomic E-state index is 9.41. The zero-order valence-corrected chi connectivity index (χ0v) is 16.8. The van der Waals surface area contributed by atoms with Gasteiger partial charge in [-0.15, -0.1) is 0 Å². The summed E-state index contributed by atoms with van der Waals surface area (Å²) in [4.78, 5) is 4.39. The first kappa shape index (κ1) is 19.4. The summed E-state index contributed by atoms with van der Waals surface area (Å²) in [6, 6.07) is 5.63. The second kappa shape index (κ2) is 5.80. The van der Waals surface area contributed by atoms with Crippen LogP contribution in [-0.4, -0.2) is 41.6 Å². The summed E-state index contributed by atoms with van der Waals surface area (Å²) in [5.74, 6) is 0. The van der Waals surface area contributed by atoms with Gasteiger partial charge in [-0.1, -0.05) is 0 Å². The SMILES string of the molecule is CC1(C)OB(c2cc(C#N)nc(B3OC(C)(C)C(C)(C)O3)c2)OC1(C)C. The lowest BCUT2D eigenvalue weighted by atomic mass is 9.74. The Hall–Kier alpha value is -1.39. The van der Waals surface area contributed by atoms with Crippen molar-refractivity contribution in [2.45, 2.75) is 77.8 Å². The number of aromatic nitrogens is 1. The molecule has 1 aromatic heterocycles. The van der Waals surface area contributed by atoms with Gasteiger partial charge < -0.3 is 18.6 Å². The van der Waals surface area contributed by atoms with Crippen LogP contribution in [0.5, 0.6) is 0 Å². The quantitative estimate of drug-likeness (QED) is 0.749. The topological polar surface area (TPSA) is 73.6 Å². The van der Waals surface area contributed by atoms with Crippen LogP contribution in [-0.2, 0) is 18.6 Å². The van der Waals surface area contributed by atoms with E-state index in [0.29, 0.717) is 5.59 Å². The van der Waals surface area contributed by atoms with E-state index in [2.05, 4.69) is 11.1 Å². The summed E-state index contributed by atoms with van der Waals surface area (Å²) in [5.41, 5.74) is -0.315. The van der Waals surface area contributed by atoms with Gasteiger partial charge in [0.25, 0.3) is 0 Å². The van der Waals surface area contributed by atoms with Gasteiger partial charge in [0.15, 0.2) is 0 Å². The second-order valence-corrected chi connectivity index (χ2v) is 9.00. The molecule has 0 atom stereocenters. The molecule has 2 fully saturated rings.